The van der Waals surface area contributed by atoms with Crippen LogP contribution >= 0.6 is 0 Å². The van der Waals surface area contributed by atoms with Crippen molar-refractivity contribution < 1.29 is 14.7 Å². The molecule has 0 aromatic carbocycles. The number of aliphatic carboxylic acids is 1. The highest BCUT2D eigenvalue weighted by Gasteiger charge is 2.30. The first-order valence-electron chi connectivity index (χ1n) is 6.66. The SMILES string of the molecule is CN(C)C1CCN(C(=O)NC(C)(C)CCC(=O)O)C1. The van der Waals surface area contributed by atoms with Crippen LogP contribution in [0.1, 0.15) is 33.1 Å². The van der Waals surface area contributed by atoms with Gasteiger partial charge >= 0.3 is 12.0 Å². The van der Waals surface area contributed by atoms with Gasteiger partial charge in [0.25, 0.3) is 0 Å². The first-order chi connectivity index (χ1) is 8.71. The summed E-state index contributed by atoms with van der Waals surface area (Å²) in [5.74, 6) is -0.837. The zero-order valence-corrected chi connectivity index (χ0v) is 12.3. The summed E-state index contributed by atoms with van der Waals surface area (Å²) in [6, 6.07) is 0.313. The Kier molecular flexibility index (Phi) is 5.17. The summed E-state index contributed by atoms with van der Waals surface area (Å²) in [5, 5.41) is 11.6. The fourth-order valence-electron chi connectivity index (χ4n) is 2.20. The van der Waals surface area contributed by atoms with Gasteiger partial charge < -0.3 is 20.2 Å². The van der Waals surface area contributed by atoms with Crippen molar-refractivity contribution in [3.05, 3.63) is 0 Å². The van der Waals surface area contributed by atoms with Gasteiger partial charge in [0.2, 0.25) is 0 Å². The van der Waals surface area contributed by atoms with Gasteiger partial charge in [0.1, 0.15) is 0 Å². The molecule has 1 aliphatic rings. The quantitative estimate of drug-likeness (QED) is 0.781. The standard InChI is InChI=1S/C13H25N3O3/c1-13(2,7-5-11(17)18)14-12(19)16-8-6-10(9-16)15(3)4/h10H,5-9H2,1-4H3,(H,14,19)(H,17,18). The number of carboxylic acids is 1. The summed E-state index contributed by atoms with van der Waals surface area (Å²) in [4.78, 5) is 26.6. The highest BCUT2D eigenvalue weighted by Crippen LogP contribution is 2.16. The number of urea groups is 1. The summed E-state index contributed by atoms with van der Waals surface area (Å²) in [6.45, 7) is 5.19. The molecule has 6 nitrogen and oxygen atoms in total. The van der Waals surface area contributed by atoms with Crippen LogP contribution in [0.15, 0.2) is 0 Å². The van der Waals surface area contributed by atoms with Crippen LogP contribution in [-0.4, -0.2) is 65.7 Å². The summed E-state index contributed by atoms with van der Waals surface area (Å²) < 4.78 is 0. The maximum atomic E-state index is 12.1. The van der Waals surface area contributed by atoms with Gasteiger partial charge in [-0.15, -0.1) is 0 Å². The van der Waals surface area contributed by atoms with Crippen molar-refractivity contribution in [1.29, 1.82) is 0 Å². The first kappa shape index (κ1) is 15.8. The van der Waals surface area contributed by atoms with E-state index in [2.05, 4.69) is 10.2 Å². The van der Waals surface area contributed by atoms with Crippen LogP contribution in [0.5, 0.6) is 0 Å². The average Bonchev–Trinajstić information content (AvgIpc) is 2.75. The second kappa shape index (κ2) is 6.23. The van der Waals surface area contributed by atoms with Gasteiger partial charge in [-0.3, -0.25) is 4.79 Å². The van der Waals surface area contributed by atoms with Crippen LogP contribution in [-0.2, 0) is 4.79 Å². The van der Waals surface area contributed by atoms with Crippen LogP contribution in [0, 0.1) is 0 Å². The number of carbonyl (C=O) groups is 2. The number of likely N-dealkylation sites (N-methyl/N-ethyl adjacent to an activating group) is 1. The minimum Gasteiger partial charge on any atom is -0.481 e. The van der Waals surface area contributed by atoms with Crippen LogP contribution in [0.3, 0.4) is 0 Å². The number of carbonyl (C=O) groups excluding carboxylic acids is 1. The van der Waals surface area contributed by atoms with Gasteiger partial charge in [-0.2, -0.15) is 0 Å². The van der Waals surface area contributed by atoms with E-state index in [1.807, 2.05) is 27.9 Å². The van der Waals surface area contributed by atoms with Crippen molar-refractivity contribution in [3.63, 3.8) is 0 Å². The molecule has 0 aromatic rings. The molecular formula is C13H25N3O3. The number of nitrogens with one attached hydrogen (secondary N) is 1. The molecule has 110 valence electrons. The lowest BCUT2D eigenvalue weighted by molar-refractivity contribution is -0.137. The predicted octanol–water partition coefficient (Wildman–Crippen LogP) is 0.975. The fourth-order valence-corrected chi connectivity index (χ4v) is 2.20. The van der Waals surface area contributed by atoms with Gasteiger partial charge in [-0.25, -0.2) is 4.79 Å². The molecule has 0 radical (unpaired) electrons. The summed E-state index contributed by atoms with van der Waals surface area (Å²) in [7, 11) is 4.03. The molecular weight excluding hydrogens is 246 g/mol. The smallest absolute Gasteiger partial charge is 0.317 e. The lowest BCUT2D eigenvalue weighted by atomic mass is 9.99. The highest BCUT2D eigenvalue weighted by molar-refractivity contribution is 5.75. The number of likely N-dealkylation sites (tertiary alicyclic amines) is 1. The third-order valence-corrected chi connectivity index (χ3v) is 3.59. The van der Waals surface area contributed by atoms with Crippen molar-refractivity contribution in [3.8, 4) is 0 Å². The number of hydrogen-bond donors (Lipinski definition) is 2. The van der Waals surface area contributed by atoms with Gasteiger partial charge in [-0.1, -0.05) is 0 Å². The molecule has 2 N–H and O–H groups in total. The molecule has 2 amide bonds. The number of rotatable bonds is 5. The lowest BCUT2D eigenvalue weighted by Crippen LogP contribution is -2.50. The topological polar surface area (TPSA) is 72.9 Å². The second-order valence-electron chi connectivity index (χ2n) is 6.06. The second-order valence-corrected chi connectivity index (χ2v) is 6.06. The Bertz CT molecular complexity index is 342. The van der Waals surface area contributed by atoms with E-state index in [9.17, 15) is 9.59 Å². The zero-order valence-electron chi connectivity index (χ0n) is 12.3. The van der Waals surface area contributed by atoms with Crippen molar-refractivity contribution in [1.82, 2.24) is 15.1 Å². The highest BCUT2D eigenvalue weighted by atomic mass is 16.4. The molecule has 0 spiro atoms. The van der Waals surface area contributed by atoms with E-state index in [4.69, 9.17) is 5.11 Å². The summed E-state index contributed by atoms with van der Waals surface area (Å²) in [6.07, 6.45) is 1.47. The van der Waals surface area contributed by atoms with Crippen molar-refractivity contribution >= 4 is 12.0 Å². The monoisotopic (exact) mass is 271 g/mol. The minimum atomic E-state index is -0.837. The fraction of sp³-hybridized carbons (Fsp3) is 0.846. The molecule has 1 atom stereocenters. The Morgan fingerprint density at radius 3 is 2.53 bits per heavy atom. The van der Waals surface area contributed by atoms with E-state index in [1.165, 1.54) is 0 Å². The molecule has 0 aliphatic carbocycles. The Morgan fingerprint density at radius 2 is 2.05 bits per heavy atom. The number of nitrogens with zero attached hydrogens (tertiary/aromatic N) is 2. The molecule has 1 unspecified atom stereocenters. The molecule has 0 aromatic heterocycles. The zero-order chi connectivity index (χ0) is 14.6. The molecule has 6 heteroatoms. The summed E-state index contributed by atoms with van der Waals surface area (Å²) in [5.41, 5.74) is -0.494. The molecule has 19 heavy (non-hydrogen) atoms. The van der Waals surface area contributed by atoms with E-state index in [1.54, 1.807) is 4.90 Å². The Labute approximate surface area is 114 Å². The molecule has 1 fully saturated rings. The number of amides is 2. The molecule has 0 saturated carbocycles. The molecule has 1 aliphatic heterocycles. The third-order valence-electron chi connectivity index (χ3n) is 3.59. The molecule has 1 saturated heterocycles. The average molecular weight is 271 g/mol. The van der Waals surface area contributed by atoms with Crippen LogP contribution in [0.2, 0.25) is 0 Å². The number of carboxylic acid groups (broad SMARTS) is 1. The van der Waals surface area contributed by atoms with Crippen molar-refractivity contribution in [2.24, 2.45) is 0 Å². The minimum absolute atomic E-state index is 0.0631. The van der Waals surface area contributed by atoms with Crippen molar-refractivity contribution in [2.45, 2.75) is 44.7 Å². The maximum absolute atomic E-state index is 12.1. The normalized spacial score (nSPS) is 19.8. The van der Waals surface area contributed by atoms with Crippen LogP contribution in [0.25, 0.3) is 0 Å². The van der Waals surface area contributed by atoms with E-state index >= 15 is 0 Å². The van der Waals surface area contributed by atoms with Gasteiger partial charge in [0.15, 0.2) is 0 Å². The van der Waals surface area contributed by atoms with Crippen molar-refractivity contribution in [2.75, 3.05) is 27.2 Å². The summed E-state index contributed by atoms with van der Waals surface area (Å²) >= 11 is 0. The van der Waals surface area contributed by atoms with Crippen LogP contribution < -0.4 is 5.32 Å². The number of hydrogen-bond acceptors (Lipinski definition) is 3. The van der Waals surface area contributed by atoms with E-state index in [0.29, 0.717) is 12.5 Å². The van der Waals surface area contributed by atoms with Gasteiger partial charge in [-0.05, 0) is 40.8 Å². The Hall–Kier alpha value is -1.30. The van der Waals surface area contributed by atoms with E-state index in [0.717, 1.165) is 19.5 Å². The molecule has 1 heterocycles. The molecule has 0 bridgehead atoms. The third kappa shape index (κ3) is 5.06. The Balaban J connectivity index is 2.44. The maximum Gasteiger partial charge on any atom is 0.317 e. The van der Waals surface area contributed by atoms with E-state index < -0.39 is 11.5 Å². The van der Waals surface area contributed by atoms with E-state index in [-0.39, 0.29) is 12.5 Å². The largest absolute Gasteiger partial charge is 0.481 e. The van der Waals surface area contributed by atoms with Gasteiger partial charge in [0, 0.05) is 31.1 Å². The lowest BCUT2D eigenvalue weighted by Gasteiger charge is -2.29. The van der Waals surface area contributed by atoms with Crippen LogP contribution in [0.4, 0.5) is 4.79 Å². The first-order valence-corrected chi connectivity index (χ1v) is 6.66. The predicted molar refractivity (Wildman–Crippen MR) is 73.1 cm³/mol. The Morgan fingerprint density at radius 1 is 1.42 bits per heavy atom. The van der Waals surface area contributed by atoms with Gasteiger partial charge in [0.05, 0.1) is 0 Å². The molecule has 1 rings (SSSR count).